The summed E-state index contributed by atoms with van der Waals surface area (Å²) in [6.45, 7) is 2.78. The van der Waals surface area contributed by atoms with E-state index in [0.717, 1.165) is 5.69 Å². The van der Waals surface area contributed by atoms with Crippen molar-refractivity contribution in [1.29, 1.82) is 0 Å². The van der Waals surface area contributed by atoms with Gasteiger partial charge in [0.05, 0.1) is 6.54 Å². The van der Waals surface area contributed by atoms with Gasteiger partial charge in [0.1, 0.15) is 0 Å². The normalized spacial score (nSPS) is 14.5. The molecule has 6 nitrogen and oxygen atoms in total. The van der Waals surface area contributed by atoms with E-state index in [9.17, 15) is 14.4 Å². The molecular formula is C22H25N3O3. The number of rotatable bonds is 7. The highest BCUT2D eigenvalue weighted by atomic mass is 16.2. The van der Waals surface area contributed by atoms with Crippen molar-refractivity contribution in [2.24, 2.45) is 0 Å². The molecule has 1 N–H and O–H groups in total. The Kier molecular flexibility index (Phi) is 6.92. The standard InChI is InChI=1S/C22H25N3O3/c26-20(18-7-3-1-4-8-18)11-12-22(28)25-15-13-24(14-16-25)17-21(27)23-19-9-5-2-6-10-19/h1-10H,11-17H2,(H,23,27). The Labute approximate surface area is 165 Å². The smallest absolute Gasteiger partial charge is 0.238 e. The third-order valence-corrected chi connectivity index (χ3v) is 4.81. The number of anilines is 1. The monoisotopic (exact) mass is 379 g/mol. The Morgan fingerprint density at radius 1 is 0.786 bits per heavy atom. The summed E-state index contributed by atoms with van der Waals surface area (Å²) in [6.07, 6.45) is 0.449. The molecule has 0 radical (unpaired) electrons. The van der Waals surface area contributed by atoms with Crippen molar-refractivity contribution in [3.63, 3.8) is 0 Å². The molecule has 1 fully saturated rings. The largest absolute Gasteiger partial charge is 0.340 e. The summed E-state index contributed by atoms with van der Waals surface area (Å²) in [5, 5.41) is 2.87. The number of ketones is 1. The molecule has 2 aromatic rings. The van der Waals surface area contributed by atoms with Crippen molar-refractivity contribution in [1.82, 2.24) is 9.80 Å². The second-order valence-corrected chi connectivity index (χ2v) is 6.86. The van der Waals surface area contributed by atoms with E-state index in [4.69, 9.17) is 0 Å². The van der Waals surface area contributed by atoms with Crippen molar-refractivity contribution in [2.45, 2.75) is 12.8 Å². The number of Topliss-reactive ketones (excluding diaryl/α,β-unsaturated/α-hetero) is 1. The molecule has 2 aromatic carbocycles. The number of amides is 2. The number of nitrogens with zero attached hydrogens (tertiary/aromatic N) is 2. The number of carbonyl (C=O) groups is 3. The predicted octanol–water partition coefficient (Wildman–Crippen LogP) is 2.43. The molecule has 0 aromatic heterocycles. The highest BCUT2D eigenvalue weighted by Gasteiger charge is 2.22. The fraction of sp³-hybridized carbons (Fsp3) is 0.318. The summed E-state index contributed by atoms with van der Waals surface area (Å²) in [5.74, 6) is -0.0673. The van der Waals surface area contributed by atoms with Gasteiger partial charge < -0.3 is 10.2 Å². The summed E-state index contributed by atoms with van der Waals surface area (Å²) in [6, 6.07) is 18.4. The molecule has 2 amide bonds. The van der Waals surface area contributed by atoms with Crippen LogP contribution >= 0.6 is 0 Å². The van der Waals surface area contributed by atoms with Crippen LogP contribution in [0.25, 0.3) is 0 Å². The lowest BCUT2D eigenvalue weighted by atomic mass is 10.1. The highest BCUT2D eigenvalue weighted by Crippen LogP contribution is 2.10. The van der Waals surface area contributed by atoms with Gasteiger partial charge in [0.2, 0.25) is 11.8 Å². The molecule has 1 saturated heterocycles. The topological polar surface area (TPSA) is 69.7 Å². The lowest BCUT2D eigenvalue weighted by Gasteiger charge is -2.34. The molecule has 6 heteroatoms. The molecular weight excluding hydrogens is 354 g/mol. The van der Waals surface area contributed by atoms with Gasteiger partial charge in [-0.2, -0.15) is 0 Å². The van der Waals surface area contributed by atoms with Crippen LogP contribution in [0, 0.1) is 0 Å². The minimum absolute atomic E-state index is 0.00216. The first kappa shape index (κ1) is 19.8. The Morgan fingerprint density at radius 2 is 1.39 bits per heavy atom. The number of benzene rings is 2. The van der Waals surface area contributed by atoms with E-state index in [1.54, 1.807) is 17.0 Å². The molecule has 0 spiro atoms. The van der Waals surface area contributed by atoms with Crippen molar-refractivity contribution in [3.05, 3.63) is 66.2 Å². The number of carbonyl (C=O) groups excluding carboxylic acids is 3. The van der Waals surface area contributed by atoms with Gasteiger partial charge in [-0.05, 0) is 12.1 Å². The minimum Gasteiger partial charge on any atom is -0.340 e. The first-order valence-corrected chi connectivity index (χ1v) is 9.55. The van der Waals surface area contributed by atoms with E-state index in [0.29, 0.717) is 38.3 Å². The van der Waals surface area contributed by atoms with E-state index < -0.39 is 0 Å². The highest BCUT2D eigenvalue weighted by molar-refractivity contribution is 5.98. The van der Waals surface area contributed by atoms with Gasteiger partial charge in [0, 0.05) is 50.3 Å². The van der Waals surface area contributed by atoms with E-state index in [1.165, 1.54) is 0 Å². The zero-order chi connectivity index (χ0) is 19.8. The van der Waals surface area contributed by atoms with Crippen LogP contribution < -0.4 is 5.32 Å². The number of para-hydroxylation sites is 1. The first-order valence-electron chi connectivity index (χ1n) is 9.55. The van der Waals surface area contributed by atoms with Gasteiger partial charge in [-0.1, -0.05) is 48.5 Å². The summed E-state index contributed by atoms with van der Waals surface area (Å²) >= 11 is 0. The van der Waals surface area contributed by atoms with E-state index in [1.807, 2.05) is 53.4 Å². The van der Waals surface area contributed by atoms with Gasteiger partial charge in [-0.3, -0.25) is 19.3 Å². The lowest BCUT2D eigenvalue weighted by Crippen LogP contribution is -2.50. The van der Waals surface area contributed by atoms with Crippen LogP contribution in [0.1, 0.15) is 23.2 Å². The van der Waals surface area contributed by atoms with Crippen LogP contribution in [0.15, 0.2) is 60.7 Å². The number of hydrogen-bond donors (Lipinski definition) is 1. The molecule has 0 atom stereocenters. The third kappa shape index (κ3) is 5.76. The number of nitrogens with one attached hydrogen (secondary N) is 1. The van der Waals surface area contributed by atoms with Crippen LogP contribution in [0.4, 0.5) is 5.69 Å². The van der Waals surface area contributed by atoms with Crippen LogP contribution in [0.2, 0.25) is 0 Å². The number of piperazine rings is 1. The second-order valence-electron chi connectivity index (χ2n) is 6.86. The Morgan fingerprint density at radius 3 is 2.04 bits per heavy atom. The molecule has 1 aliphatic rings. The van der Waals surface area contributed by atoms with E-state index >= 15 is 0 Å². The van der Waals surface area contributed by atoms with Crippen molar-refractivity contribution >= 4 is 23.3 Å². The first-order chi connectivity index (χ1) is 13.6. The predicted molar refractivity (Wildman–Crippen MR) is 108 cm³/mol. The van der Waals surface area contributed by atoms with Crippen LogP contribution in [-0.4, -0.2) is 60.1 Å². The van der Waals surface area contributed by atoms with Gasteiger partial charge in [-0.25, -0.2) is 0 Å². The van der Waals surface area contributed by atoms with Gasteiger partial charge >= 0.3 is 0 Å². The van der Waals surface area contributed by atoms with E-state index in [-0.39, 0.29) is 30.4 Å². The molecule has 0 unspecified atom stereocenters. The Hall–Kier alpha value is -2.99. The van der Waals surface area contributed by atoms with Crippen molar-refractivity contribution < 1.29 is 14.4 Å². The average molecular weight is 379 g/mol. The summed E-state index contributed by atoms with van der Waals surface area (Å²) in [5.41, 5.74) is 1.42. The summed E-state index contributed by atoms with van der Waals surface area (Å²) in [7, 11) is 0. The van der Waals surface area contributed by atoms with Gasteiger partial charge in [0.15, 0.2) is 5.78 Å². The lowest BCUT2D eigenvalue weighted by molar-refractivity contribution is -0.133. The molecule has 0 saturated carbocycles. The SMILES string of the molecule is O=C(CN1CCN(C(=O)CCC(=O)c2ccccc2)CC1)Nc1ccccc1. The molecule has 1 heterocycles. The Bertz CT molecular complexity index is 800. The fourth-order valence-electron chi connectivity index (χ4n) is 3.23. The summed E-state index contributed by atoms with van der Waals surface area (Å²) in [4.78, 5) is 40.5. The fourth-order valence-corrected chi connectivity index (χ4v) is 3.23. The van der Waals surface area contributed by atoms with Crippen LogP contribution in [0.5, 0.6) is 0 Å². The maximum absolute atomic E-state index is 12.4. The zero-order valence-corrected chi connectivity index (χ0v) is 15.8. The van der Waals surface area contributed by atoms with Crippen LogP contribution in [-0.2, 0) is 9.59 Å². The molecule has 3 rings (SSSR count). The summed E-state index contributed by atoms with van der Waals surface area (Å²) < 4.78 is 0. The quantitative estimate of drug-likeness (QED) is 0.750. The molecule has 28 heavy (non-hydrogen) atoms. The Balaban J connectivity index is 1.38. The second kappa shape index (κ2) is 9.80. The zero-order valence-electron chi connectivity index (χ0n) is 15.8. The van der Waals surface area contributed by atoms with E-state index in [2.05, 4.69) is 5.32 Å². The van der Waals surface area contributed by atoms with Crippen LogP contribution in [0.3, 0.4) is 0 Å². The van der Waals surface area contributed by atoms with Gasteiger partial charge in [0.25, 0.3) is 0 Å². The maximum atomic E-state index is 12.4. The van der Waals surface area contributed by atoms with Crippen molar-refractivity contribution in [3.8, 4) is 0 Å². The number of hydrogen-bond acceptors (Lipinski definition) is 4. The molecule has 0 aliphatic carbocycles. The molecule has 146 valence electrons. The average Bonchev–Trinajstić information content (AvgIpc) is 2.73. The molecule has 0 bridgehead atoms. The van der Waals surface area contributed by atoms with Crippen molar-refractivity contribution in [2.75, 3.05) is 38.0 Å². The molecule has 1 aliphatic heterocycles. The van der Waals surface area contributed by atoms with Gasteiger partial charge in [-0.15, -0.1) is 0 Å². The maximum Gasteiger partial charge on any atom is 0.238 e. The third-order valence-electron chi connectivity index (χ3n) is 4.81. The minimum atomic E-state index is -0.0561.